The summed E-state index contributed by atoms with van der Waals surface area (Å²) < 4.78 is 0. The van der Waals surface area contributed by atoms with Crippen LogP contribution in [0, 0.1) is 5.92 Å². The topological polar surface area (TPSA) is 40.5 Å². The Balaban J connectivity index is 1.63. The summed E-state index contributed by atoms with van der Waals surface area (Å²) in [6.07, 6.45) is 2.13. The van der Waals surface area contributed by atoms with Gasteiger partial charge in [-0.15, -0.1) is 11.8 Å². The molecule has 1 N–H and O–H groups in total. The predicted molar refractivity (Wildman–Crippen MR) is 78.2 cm³/mol. The van der Waals surface area contributed by atoms with Gasteiger partial charge in [0.15, 0.2) is 0 Å². The van der Waals surface area contributed by atoms with Gasteiger partial charge in [0, 0.05) is 30.7 Å². The molecule has 0 saturated heterocycles. The van der Waals surface area contributed by atoms with Crippen molar-refractivity contribution >= 4 is 17.7 Å². The molecule has 1 aromatic carbocycles. The van der Waals surface area contributed by atoms with Crippen molar-refractivity contribution in [1.29, 1.82) is 0 Å². The highest BCUT2D eigenvalue weighted by atomic mass is 32.2. The van der Waals surface area contributed by atoms with E-state index in [1.807, 2.05) is 30.1 Å². The molecule has 1 amide bonds. The zero-order valence-corrected chi connectivity index (χ0v) is 12.1. The monoisotopic (exact) mass is 279 g/mol. The van der Waals surface area contributed by atoms with E-state index in [0.717, 1.165) is 25.1 Å². The second-order valence-corrected chi connectivity index (χ2v) is 6.35. The SMILES string of the molecule is CN(CC1CC(O)C1)C(=O)CCSc1ccccc1. The average Bonchev–Trinajstić information content (AvgIpc) is 2.38. The van der Waals surface area contributed by atoms with Crippen LogP contribution in [0.2, 0.25) is 0 Å². The van der Waals surface area contributed by atoms with Gasteiger partial charge < -0.3 is 10.0 Å². The van der Waals surface area contributed by atoms with E-state index in [9.17, 15) is 9.90 Å². The lowest BCUT2D eigenvalue weighted by atomic mass is 9.82. The number of amides is 1. The minimum atomic E-state index is -0.137. The molecule has 1 fully saturated rings. The molecule has 2 rings (SSSR count). The molecule has 0 aromatic heterocycles. The highest BCUT2D eigenvalue weighted by molar-refractivity contribution is 7.99. The predicted octanol–water partition coefficient (Wildman–Crippen LogP) is 2.40. The van der Waals surface area contributed by atoms with Crippen LogP contribution >= 0.6 is 11.8 Å². The molecule has 1 saturated carbocycles. The van der Waals surface area contributed by atoms with Gasteiger partial charge in [0.25, 0.3) is 0 Å². The third-order valence-corrected chi connectivity index (χ3v) is 4.51. The first kappa shape index (κ1) is 14.4. The quantitative estimate of drug-likeness (QED) is 0.813. The van der Waals surface area contributed by atoms with Crippen LogP contribution in [0.1, 0.15) is 19.3 Å². The highest BCUT2D eigenvalue weighted by Crippen LogP contribution is 2.27. The fourth-order valence-corrected chi connectivity index (χ4v) is 3.16. The van der Waals surface area contributed by atoms with Crippen LogP contribution < -0.4 is 0 Å². The first-order chi connectivity index (χ1) is 9.15. The molecule has 4 heteroatoms. The van der Waals surface area contributed by atoms with Crippen LogP contribution in [0.4, 0.5) is 0 Å². The highest BCUT2D eigenvalue weighted by Gasteiger charge is 2.28. The van der Waals surface area contributed by atoms with Gasteiger partial charge in [-0.25, -0.2) is 0 Å². The van der Waals surface area contributed by atoms with Crippen LogP contribution in [0.25, 0.3) is 0 Å². The fourth-order valence-electron chi connectivity index (χ4n) is 2.30. The summed E-state index contributed by atoms with van der Waals surface area (Å²) in [7, 11) is 1.86. The van der Waals surface area contributed by atoms with Crippen LogP contribution in [0.15, 0.2) is 35.2 Å². The van der Waals surface area contributed by atoms with Gasteiger partial charge in [0.1, 0.15) is 0 Å². The zero-order valence-electron chi connectivity index (χ0n) is 11.3. The maximum Gasteiger partial charge on any atom is 0.223 e. The number of hydrogen-bond donors (Lipinski definition) is 1. The number of benzene rings is 1. The Labute approximate surface area is 119 Å². The second-order valence-electron chi connectivity index (χ2n) is 5.18. The third kappa shape index (κ3) is 4.55. The number of aliphatic hydroxyl groups is 1. The van der Waals surface area contributed by atoms with Gasteiger partial charge in [-0.1, -0.05) is 18.2 Å². The first-order valence-corrected chi connectivity index (χ1v) is 7.73. The summed E-state index contributed by atoms with van der Waals surface area (Å²) in [4.78, 5) is 15.0. The van der Waals surface area contributed by atoms with Crippen molar-refractivity contribution in [2.45, 2.75) is 30.3 Å². The van der Waals surface area contributed by atoms with Crippen molar-refractivity contribution in [2.24, 2.45) is 5.92 Å². The molecule has 0 aliphatic heterocycles. The second kappa shape index (κ2) is 6.96. The zero-order chi connectivity index (χ0) is 13.7. The Morgan fingerprint density at radius 1 is 1.37 bits per heavy atom. The molecular formula is C15H21NO2S. The van der Waals surface area contributed by atoms with E-state index in [0.29, 0.717) is 12.3 Å². The molecule has 1 aromatic rings. The Hall–Kier alpha value is -1.00. The molecule has 104 valence electrons. The number of hydrogen-bond acceptors (Lipinski definition) is 3. The number of carbonyl (C=O) groups excluding carboxylic acids is 1. The Morgan fingerprint density at radius 2 is 2.05 bits per heavy atom. The summed E-state index contributed by atoms with van der Waals surface area (Å²) in [5.41, 5.74) is 0. The van der Waals surface area contributed by atoms with Gasteiger partial charge in [-0.3, -0.25) is 4.79 Å². The van der Waals surface area contributed by atoms with Gasteiger partial charge in [0.05, 0.1) is 6.10 Å². The minimum Gasteiger partial charge on any atom is -0.393 e. The third-order valence-electron chi connectivity index (χ3n) is 3.50. The van der Waals surface area contributed by atoms with Crippen molar-refractivity contribution in [3.63, 3.8) is 0 Å². The van der Waals surface area contributed by atoms with Crippen LogP contribution in [-0.2, 0) is 4.79 Å². The molecule has 0 radical (unpaired) electrons. The van der Waals surface area contributed by atoms with Crippen LogP contribution in [0.5, 0.6) is 0 Å². The maximum atomic E-state index is 11.9. The lowest BCUT2D eigenvalue weighted by Gasteiger charge is -2.34. The van der Waals surface area contributed by atoms with Crippen LogP contribution in [0.3, 0.4) is 0 Å². The van der Waals surface area contributed by atoms with Crippen molar-refractivity contribution in [3.05, 3.63) is 30.3 Å². The lowest BCUT2D eigenvalue weighted by Crippen LogP contribution is -2.39. The van der Waals surface area contributed by atoms with Gasteiger partial charge >= 0.3 is 0 Å². The Morgan fingerprint density at radius 3 is 2.68 bits per heavy atom. The molecular weight excluding hydrogens is 258 g/mol. The molecule has 3 nitrogen and oxygen atoms in total. The first-order valence-electron chi connectivity index (χ1n) is 6.75. The summed E-state index contributed by atoms with van der Waals surface area (Å²) in [5.74, 6) is 1.51. The van der Waals surface area contributed by atoms with E-state index in [2.05, 4.69) is 12.1 Å². The van der Waals surface area contributed by atoms with Crippen LogP contribution in [-0.4, -0.2) is 41.4 Å². The number of rotatable bonds is 6. The van der Waals surface area contributed by atoms with Crippen molar-refractivity contribution in [1.82, 2.24) is 4.90 Å². The molecule has 0 unspecified atom stereocenters. The summed E-state index contributed by atoms with van der Waals surface area (Å²) in [5, 5.41) is 9.23. The van der Waals surface area contributed by atoms with Gasteiger partial charge in [0.2, 0.25) is 5.91 Å². The summed E-state index contributed by atoms with van der Waals surface area (Å²) >= 11 is 1.72. The fraction of sp³-hybridized carbons (Fsp3) is 0.533. The average molecular weight is 279 g/mol. The summed E-state index contributed by atoms with van der Waals surface area (Å²) in [6.45, 7) is 0.784. The molecule has 1 aliphatic rings. The standard InChI is InChI=1S/C15H21NO2S/c1-16(11-12-9-13(17)10-12)15(18)7-8-19-14-5-3-2-4-6-14/h2-6,12-13,17H,7-11H2,1H3. The van der Waals surface area contributed by atoms with Gasteiger partial charge in [-0.05, 0) is 30.9 Å². The number of nitrogens with zero attached hydrogens (tertiary/aromatic N) is 1. The number of carbonyl (C=O) groups is 1. The number of aliphatic hydroxyl groups excluding tert-OH is 1. The van der Waals surface area contributed by atoms with E-state index < -0.39 is 0 Å². The normalized spacial score (nSPS) is 21.8. The van der Waals surface area contributed by atoms with E-state index in [-0.39, 0.29) is 12.0 Å². The Kier molecular flexibility index (Phi) is 5.28. The van der Waals surface area contributed by atoms with E-state index in [4.69, 9.17) is 0 Å². The molecule has 0 bridgehead atoms. The maximum absolute atomic E-state index is 11.9. The molecule has 0 spiro atoms. The summed E-state index contributed by atoms with van der Waals surface area (Å²) in [6, 6.07) is 10.1. The largest absolute Gasteiger partial charge is 0.393 e. The lowest BCUT2D eigenvalue weighted by molar-refractivity contribution is -0.131. The van der Waals surface area contributed by atoms with Crippen molar-refractivity contribution < 1.29 is 9.90 Å². The van der Waals surface area contributed by atoms with E-state index >= 15 is 0 Å². The van der Waals surface area contributed by atoms with Crippen molar-refractivity contribution in [2.75, 3.05) is 19.3 Å². The smallest absolute Gasteiger partial charge is 0.223 e. The number of thioether (sulfide) groups is 1. The van der Waals surface area contributed by atoms with Crippen molar-refractivity contribution in [3.8, 4) is 0 Å². The van der Waals surface area contributed by atoms with Gasteiger partial charge in [-0.2, -0.15) is 0 Å². The van der Waals surface area contributed by atoms with E-state index in [1.165, 1.54) is 4.90 Å². The minimum absolute atomic E-state index is 0.137. The molecule has 1 aliphatic carbocycles. The Bertz CT molecular complexity index is 404. The van der Waals surface area contributed by atoms with E-state index in [1.54, 1.807) is 11.8 Å². The molecule has 0 atom stereocenters. The molecule has 19 heavy (non-hydrogen) atoms. The molecule has 0 heterocycles.